The van der Waals surface area contributed by atoms with Gasteiger partial charge in [-0.15, -0.1) is 0 Å². The summed E-state index contributed by atoms with van der Waals surface area (Å²) in [5, 5.41) is 0. The maximum atomic E-state index is 12.2. The van der Waals surface area contributed by atoms with Crippen molar-refractivity contribution < 1.29 is 17.2 Å². The summed E-state index contributed by atoms with van der Waals surface area (Å²) in [6, 6.07) is 14.1. The van der Waals surface area contributed by atoms with E-state index in [9.17, 15) is 12.6 Å². The van der Waals surface area contributed by atoms with E-state index in [1.807, 2.05) is 0 Å². The summed E-state index contributed by atoms with van der Waals surface area (Å²) in [5.41, 5.74) is 3.17. The van der Waals surface area contributed by atoms with E-state index in [0.717, 1.165) is 4.41 Å². The fraction of sp³-hybridized carbons (Fsp3) is 0.0769. The van der Waals surface area contributed by atoms with Gasteiger partial charge < -0.3 is 0 Å². The minimum Gasteiger partial charge on any atom is -0.288 e. The van der Waals surface area contributed by atoms with E-state index in [1.165, 1.54) is 25.2 Å². The zero-order chi connectivity index (χ0) is 16.2. The summed E-state index contributed by atoms with van der Waals surface area (Å²) in [4.78, 5) is 0.136. The highest BCUT2D eigenvalue weighted by Crippen LogP contribution is 2.21. The van der Waals surface area contributed by atoms with Crippen LogP contribution in [-0.4, -0.2) is 24.2 Å². The van der Waals surface area contributed by atoms with Crippen LogP contribution in [0.5, 0.6) is 0 Å². The molecular weight excluding hydrogens is 326 g/mol. The molecule has 0 radical (unpaired) electrons. The average Bonchev–Trinajstić information content (AvgIpc) is 2.48. The van der Waals surface area contributed by atoms with Gasteiger partial charge in [0.15, 0.2) is 0 Å². The van der Waals surface area contributed by atoms with Crippen LogP contribution in [0.2, 0.25) is 0 Å². The molecule has 9 heteroatoms. The zero-order valence-corrected chi connectivity index (χ0v) is 13.3. The molecular formula is C13H15N3O4S2. The smallest absolute Gasteiger partial charge is 0.276 e. The van der Waals surface area contributed by atoms with Gasteiger partial charge in [0.1, 0.15) is 0 Å². The molecule has 0 heterocycles. The lowest BCUT2D eigenvalue weighted by atomic mass is 10.3. The molecule has 2 aromatic carbocycles. The second-order valence-electron chi connectivity index (χ2n) is 4.22. The molecule has 7 nitrogen and oxygen atoms in total. The molecule has 0 spiro atoms. The molecule has 0 bridgehead atoms. The fourth-order valence-electron chi connectivity index (χ4n) is 1.81. The van der Waals surface area contributed by atoms with Crippen LogP contribution in [0.3, 0.4) is 0 Å². The van der Waals surface area contributed by atoms with Crippen LogP contribution in [0.15, 0.2) is 59.5 Å². The van der Waals surface area contributed by atoms with Crippen molar-refractivity contribution in [2.24, 2.45) is 0 Å². The lowest BCUT2D eigenvalue weighted by molar-refractivity contribution is 0.553. The number of benzene rings is 2. The van der Waals surface area contributed by atoms with Gasteiger partial charge in [0.25, 0.3) is 21.3 Å². The zero-order valence-electron chi connectivity index (χ0n) is 11.6. The fourth-order valence-corrected chi connectivity index (χ4v) is 3.33. The highest BCUT2D eigenvalue weighted by molar-refractivity contribution is 7.92. The minimum atomic E-state index is -3.71. The Bertz CT molecular complexity index is 766. The third-order valence-electron chi connectivity index (χ3n) is 2.75. The Hall–Kier alpha value is -1.94. The second kappa shape index (κ2) is 6.88. The molecule has 22 heavy (non-hydrogen) atoms. The molecule has 2 rings (SSSR count). The van der Waals surface area contributed by atoms with E-state index < -0.39 is 21.3 Å². The number of hydrogen-bond acceptors (Lipinski definition) is 4. The van der Waals surface area contributed by atoms with Gasteiger partial charge in [0.2, 0.25) is 0 Å². The Morgan fingerprint density at radius 1 is 1.09 bits per heavy atom. The molecule has 0 fully saturated rings. The maximum Gasteiger partial charge on any atom is 0.276 e. The van der Waals surface area contributed by atoms with Gasteiger partial charge in [-0.25, -0.2) is 22.5 Å². The van der Waals surface area contributed by atoms with Crippen LogP contribution in [0.4, 0.5) is 11.4 Å². The van der Waals surface area contributed by atoms with Crippen molar-refractivity contribution in [1.29, 1.82) is 0 Å². The Balaban J connectivity index is 2.30. The first-order valence-corrected chi connectivity index (χ1v) is 8.75. The predicted molar refractivity (Wildman–Crippen MR) is 86.0 cm³/mol. The van der Waals surface area contributed by atoms with Gasteiger partial charge in [0, 0.05) is 7.05 Å². The van der Waals surface area contributed by atoms with Crippen LogP contribution in [0, 0.1) is 0 Å². The number of rotatable bonds is 6. The highest BCUT2D eigenvalue weighted by atomic mass is 32.2. The third-order valence-corrected chi connectivity index (χ3v) is 4.85. The van der Waals surface area contributed by atoms with Gasteiger partial charge in [-0.05, 0) is 30.3 Å². The van der Waals surface area contributed by atoms with Crippen molar-refractivity contribution in [3.63, 3.8) is 0 Å². The molecule has 0 saturated heterocycles. The van der Waals surface area contributed by atoms with E-state index in [4.69, 9.17) is 4.55 Å². The second-order valence-corrected chi connectivity index (χ2v) is 6.73. The Labute approximate surface area is 131 Å². The molecule has 0 aliphatic carbocycles. The number of nitrogens with zero attached hydrogens (tertiary/aromatic N) is 1. The van der Waals surface area contributed by atoms with Crippen molar-refractivity contribution in [2.75, 3.05) is 16.2 Å². The molecule has 0 saturated carbocycles. The first kappa shape index (κ1) is 16.4. The molecule has 0 aromatic heterocycles. The van der Waals surface area contributed by atoms with Crippen LogP contribution in [0.1, 0.15) is 0 Å². The highest BCUT2D eigenvalue weighted by Gasteiger charge is 2.15. The Kier molecular flexibility index (Phi) is 5.14. The van der Waals surface area contributed by atoms with E-state index in [1.54, 1.807) is 36.4 Å². The normalized spacial score (nSPS) is 12.6. The lowest BCUT2D eigenvalue weighted by Gasteiger charge is -2.19. The summed E-state index contributed by atoms with van der Waals surface area (Å²) >= 11 is -2.28. The van der Waals surface area contributed by atoms with E-state index in [-0.39, 0.29) is 10.6 Å². The standard InChI is InChI=1S/C13H15N3O4S2/c1-14-16(21(17)18)12-7-5-6-11(10-12)15-22(19,20)13-8-3-2-4-9-13/h2-10,14-15H,1H3,(H,17,18). The van der Waals surface area contributed by atoms with Gasteiger partial charge >= 0.3 is 0 Å². The molecule has 1 unspecified atom stereocenters. The number of sulfonamides is 1. The summed E-state index contributed by atoms with van der Waals surface area (Å²) < 4.78 is 48.2. The van der Waals surface area contributed by atoms with E-state index >= 15 is 0 Å². The summed E-state index contributed by atoms with van der Waals surface area (Å²) in [7, 11) is -2.23. The van der Waals surface area contributed by atoms with Crippen molar-refractivity contribution in [1.82, 2.24) is 5.43 Å². The molecule has 0 aliphatic heterocycles. The quantitative estimate of drug-likeness (QED) is 0.547. The number of hydrazine groups is 1. The van der Waals surface area contributed by atoms with Gasteiger partial charge in [0.05, 0.1) is 16.3 Å². The van der Waals surface area contributed by atoms with Crippen LogP contribution < -0.4 is 14.6 Å². The van der Waals surface area contributed by atoms with E-state index in [2.05, 4.69) is 10.1 Å². The predicted octanol–water partition coefficient (Wildman–Crippen LogP) is 1.56. The largest absolute Gasteiger partial charge is 0.288 e. The topological polar surface area (TPSA) is 98.7 Å². The number of nitrogens with one attached hydrogen (secondary N) is 2. The molecule has 3 N–H and O–H groups in total. The van der Waals surface area contributed by atoms with Crippen LogP contribution in [-0.2, 0) is 21.3 Å². The average molecular weight is 341 g/mol. The first-order chi connectivity index (χ1) is 10.4. The molecule has 118 valence electrons. The van der Waals surface area contributed by atoms with Crippen LogP contribution >= 0.6 is 0 Å². The summed E-state index contributed by atoms with van der Waals surface area (Å²) in [6.07, 6.45) is 0. The monoisotopic (exact) mass is 341 g/mol. The molecule has 2 aromatic rings. The van der Waals surface area contributed by atoms with Crippen LogP contribution in [0.25, 0.3) is 0 Å². The van der Waals surface area contributed by atoms with Gasteiger partial charge in [-0.2, -0.15) is 0 Å². The SMILES string of the molecule is CNN(c1cccc(NS(=O)(=O)c2ccccc2)c1)S(=O)O. The Morgan fingerprint density at radius 3 is 2.36 bits per heavy atom. The van der Waals surface area contributed by atoms with Crippen molar-refractivity contribution >= 4 is 32.7 Å². The summed E-state index contributed by atoms with van der Waals surface area (Å²) in [6.45, 7) is 0. The third kappa shape index (κ3) is 3.83. The van der Waals surface area contributed by atoms with Gasteiger partial charge in [-0.3, -0.25) is 9.27 Å². The first-order valence-electron chi connectivity index (χ1n) is 6.20. The van der Waals surface area contributed by atoms with Gasteiger partial charge in [-0.1, -0.05) is 24.3 Å². The van der Waals surface area contributed by atoms with Crippen molar-refractivity contribution in [2.45, 2.75) is 4.90 Å². The molecule has 1 atom stereocenters. The minimum absolute atomic E-state index is 0.136. The molecule has 0 aliphatic rings. The maximum absolute atomic E-state index is 12.2. The summed E-state index contributed by atoms with van der Waals surface area (Å²) in [5.74, 6) is 0. The van der Waals surface area contributed by atoms with Crippen molar-refractivity contribution in [3.8, 4) is 0 Å². The van der Waals surface area contributed by atoms with E-state index in [0.29, 0.717) is 5.69 Å². The molecule has 0 amide bonds. The van der Waals surface area contributed by atoms with Crippen molar-refractivity contribution in [3.05, 3.63) is 54.6 Å². The Morgan fingerprint density at radius 2 is 1.77 bits per heavy atom. The lowest BCUT2D eigenvalue weighted by Crippen LogP contribution is -2.36. The number of hydrogen-bond donors (Lipinski definition) is 3. The number of anilines is 2.